The predicted octanol–water partition coefficient (Wildman–Crippen LogP) is -0.689. The Morgan fingerprint density at radius 2 is 2.40 bits per heavy atom. The van der Waals surface area contributed by atoms with Crippen LogP contribution >= 0.6 is 0 Å². The van der Waals surface area contributed by atoms with Crippen LogP contribution in [0.4, 0.5) is 0 Å². The molecule has 1 fully saturated rings. The number of carbonyl (C=O) groups excluding carboxylic acids is 1. The molecule has 1 rings (SSSR count). The maximum atomic E-state index is 10.4. The Kier molecular flexibility index (Phi) is 1.92. The number of aliphatic hydroxyl groups excluding tert-OH is 1. The molecular weight excluding hydrogens is 136 g/mol. The van der Waals surface area contributed by atoms with E-state index in [1.54, 1.807) is 0 Å². The van der Waals surface area contributed by atoms with Crippen molar-refractivity contribution >= 4 is 5.97 Å². The minimum atomic E-state index is -0.730. The summed E-state index contributed by atoms with van der Waals surface area (Å²) in [7, 11) is 0. The average Bonchev–Trinajstić information content (AvgIpc) is 1.78. The monoisotopic (exact) mass is 146 g/mol. The quantitative estimate of drug-likeness (QED) is 0.524. The van der Waals surface area contributed by atoms with Crippen molar-refractivity contribution in [1.82, 2.24) is 0 Å². The van der Waals surface area contributed by atoms with Crippen LogP contribution in [0, 0.1) is 0 Å². The van der Waals surface area contributed by atoms with Gasteiger partial charge in [-0.15, -0.1) is 0 Å². The van der Waals surface area contributed by atoms with Crippen LogP contribution in [0.1, 0.15) is 6.92 Å². The van der Waals surface area contributed by atoms with Gasteiger partial charge in [0.05, 0.1) is 19.8 Å². The third-order valence-electron chi connectivity index (χ3n) is 1.38. The molecule has 1 N–H and O–H groups in total. The summed E-state index contributed by atoms with van der Waals surface area (Å²) in [5.74, 6) is -0.377. The maximum Gasteiger partial charge on any atom is 0.303 e. The normalized spacial score (nSPS) is 21.4. The molecule has 0 aliphatic carbocycles. The Morgan fingerprint density at radius 1 is 1.80 bits per heavy atom. The molecule has 10 heavy (non-hydrogen) atoms. The summed E-state index contributed by atoms with van der Waals surface area (Å²) in [6, 6.07) is 0. The smallest absolute Gasteiger partial charge is 0.303 e. The first-order valence-corrected chi connectivity index (χ1v) is 3.07. The van der Waals surface area contributed by atoms with Crippen molar-refractivity contribution in [3.63, 3.8) is 0 Å². The first kappa shape index (κ1) is 7.50. The molecule has 0 aromatic heterocycles. The Hall–Kier alpha value is -0.610. The molecule has 1 aliphatic heterocycles. The highest BCUT2D eigenvalue weighted by Crippen LogP contribution is 2.20. The molecule has 0 radical (unpaired) electrons. The zero-order valence-corrected chi connectivity index (χ0v) is 5.79. The fraction of sp³-hybridized carbons (Fsp3) is 0.833. The highest BCUT2D eigenvalue weighted by molar-refractivity contribution is 5.66. The number of ether oxygens (including phenoxy) is 2. The van der Waals surface area contributed by atoms with E-state index < -0.39 is 5.60 Å². The van der Waals surface area contributed by atoms with Crippen molar-refractivity contribution in [3.05, 3.63) is 0 Å². The molecule has 4 nitrogen and oxygen atoms in total. The van der Waals surface area contributed by atoms with Gasteiger partial charge in [-0.3, -0.25) is 4.79 Å². The van der Waals surface area contributed by atoms with Gasteiger partial charge in [-0.25, -0.2) is 0 Å². The van der Waals surface area contributed by atoms with Gasteiger partial charge in [0.25, 0.3) is 0 Å². The number of rotatable bonds is 2. The van der Waals surface area contributed by atoms with Crippen LogP contribution in [0.25, 0.3) is 0 Å². The fourth-order valence-corrected chi connectivity index (χ4v) is 0.817. The van der Waals surface area contributed by atoms with Crippen LogP contribution in [0.5, 0.6) is 0 Å². The summed E-state index contributed by atoms with van der Waals surface area (Å²) in [5.41, 5.74) is -0.730. The third kappa shape index (κ3) is 1.27. The van der Waals surface area contributed by atoms with E-state index in [2.05, 4.69) is 0 Å². The number of esters is 1. The minimum absolute atomic E-state index is 0.160. The van der Waals surface area contributed by atoms with E-state index in [0.717, 1.165) is 0 Å². The van der Waals surface area contributed by atoms with Crippen molar-refractivity contribution < 1.29 is 19.4 Å². The Balaban J connectivity index is 2.40. The molecule has 1 saturated heterocycles. The zero-order chi connectivity index (χ0) is 7.61. The van der Waals surface area contributed by atoms with Gasteiger partial charge >= 0.3 is 5.97 Å². The molecule has 58 valence electrons. The second kappa shape index (κ2) is 2.56. The lowest BCUT2D eigenvalue weighted by Crippen LogP contribution is -2.55. The number of hydrogen-bond acceptors (Lipinski definition) is 4. The van der Waals surface area contributed by atoms with E-state index in [1.807, 2.05) is 0 Å². The second-order valence-electron chi connectivity index (χ2n) is 2.43. The second-order valence-corrected chi connectivity index (χ2v) is 2.43. The van der Waals surface area contributed by atoms with Gasteiger partial charge < -0.3 is 14.6 Å². The van der Waals surface area contributed by atoms with Crippen molar-refractivity contribution in [2.75, 3.05) is 19.8 Å². The third-order valence-corrected chi connectivity index (χ3v) is 1.38. The van der Waals surface area contributed by atoms with E-state index in [9.17, 15) is 4.79 Å². The van der Waals surface area contributed by atoms with Gasteiger partial charge in [0.1, 0.15) is 0 Å². The molecule has 0 saturated carbocycles. The van der Waals surface area contributed by atoms with Crippen LogP contribution < -0.4 is 0 Å². The summed E-state index contributed by atoms with van der Waals surface area (Å²) < 4.78 is 9.60. The van der Waals surface area contributed by atoms with Crippen LogP contribution in [-0.2, 0) is 14.3 Å². The van der Waals surface area contributed by atoms with E-state index in [-0.39, 0.29) is 12.6 Å². The Labute approximate surface area is 58.7 Å². The molecule has 0 aromatic rings. The maximum absolute atomic E-state index is 10.4. The van der Waals surface area contributed by atoms with Gasteiger partial charge in [0.15, 0.2) is 5.60 Å². The van der Waals surface area contributed by atoms with E-state index in [0.29, 0.717) is 13.2 Å². The van der Waals surface area contributed by atoms with Gasteiger partial charge in [0.2, 0.25) is 0 Å². The summed E-state index contributed by atoms with van der Waals surface area (Å²) in [5, 5.41) is 8.73. The zero-order valence-electron chi connectivity index (χ0n) is 5.79. The fourth-order valence-electron chi connectivity index (χ4n) is 0.817. The van der Waals surface area contributed by atoms with Crippen LogP contribution in [0.15, 0.2) is 0 Å². The highest BCUT2D eigenvalue weighted by atomic mass is 16.6. The molecule has 0 spiro atoms. The van der Waals surface area contributed by atoms with Crippen molar-refractivity contribution in [3.8, 4) is 0 Å². The van der Waals surface area contributed by atoms with Gasteiger partial charge in [-0.05, 0) is 0 Å². The predicted molar refractivity (Wildman–Crippen MR) is 32.4 cm³/mol. The van der Waals surface area contributed by atoms with Crippen molar-refractivity contribution in [2.45, 2.75) is 12.5 Å². The SMILES string of the molecule is CC(=O)OC1(CO)COC1. The van der Waals surface area contributed by atoms with Crippen molar-refractivity contribution in [2.24, 2.45) is 0 Å². The topological polar surface area (TPSA) is 55.8 Å². The molecule has 0 amide bonds. The van der Waals surface area contributed by atoms with Gasteiger partial charge in [0, 0.05) is 6.92 Å². The van der Waals surface area contributed by atoms with E-state index >= 15 is 0 Å². The number of hydrogen-bond donors (Lipinski definition) is 1. The molecule has 0 unspecified atom stereocenters. The lowest BCUT2D eigenvalue weighted by Gasteiger charge is -2.38. The summed E-state index contributed by atoms with van der Waals surface area (Å²) in [6.07, 6.45) is 0. The Bertz CT molecular complexity index is 133. The average molecular weight is 146 g/mol. The number of aliphatic hydroxyl groups is 1. The van der Waals surface area contributed by atoms with Gasteiger partial charge in [-0.2, -0.15) is 0 Å². The van der Waals surface area contributed by atoms with E-state index in [1.165, 1.54) is 6.92 Å². The molecule has 1 heterocycles. The van der Waals surface area contributed by atoms with Gasteiger partial charge in [-0.1, -0.05) is 0 Å². The summed E-state index contributed by atoms with van der Waals surface area (Å²) >= 11 is 0. The standard InChI is InChI=1S/C6H10O4/c1-5(8)10-6(2-7)3-9-4-6/h7H,2-4H2,1H3. The highest BCUT2D eigenvalue weighted by Gasteiger charge is 2.41. The van der Waals surface area contributed by atoms with Crippen molar-refractivity contribution in [1.29, 1.82) is 0 Å². The van der Waals surface area contributed by atoms with Crippen LogP contribution in [0.2, 0.25) is 0 Å². The van der Waals surface area contributed by atoms with Crippen LogP contribution in [0.3, 0.4) is 0 Å². The molecule has 4 heteroatoms. The molecular formula is C6H10O4. The molecule has 0 atom stereocenters. The molecule has 0 bridgehead atoms. The molecule has 0 aromatic carbocycles. The molecule has 1 aliphatic rings. The lowest BCUT2D eigenvalue weighted by atomic mass is 10.0. The largest absolute Gasteiger partial charge is 0.452 e. The lowest BCUT2D eigenvalue weighted by molar-refractivity contribution is -0.222. The Morgan fingerprint density at radius 3 is 2.50 bits per heavy atom. The number of carbonyl (C=O) groups is 1. The first-order chi connectivity index (χ1) is 4.68. The first-order valence-electron chi connectivity index (χ1n) is 3.07. The van der Waals surface area contributed by atoms with Crippen LogP contribution in [-0.4, -0.2) is 36.5 Å². The minimum Gasteiger partial charge on any atom is -0.452 e. The summed E-state index contributed by atoms with van der Waals surface area (Å²) in [6.45, 7) is 1.77. The van der Waals surface area contributed by atoms with E-state index in [4.69, 9.17) is 14.6 Å². The summed E-state index contributed by atoms with van der Waals surface area (Å²) in [4.78, 5) is 10.4.